The molecule has 0 aliphatic carbocycles. The number of nitrogens with zero attached hydrogens (tertiary/aromatic N) is 2. The molecule has 49 heavy (non-hydrogen) atoms. The highest BCUT2D eigenvalue weighted by Crippen LogP contribution is 2.39. The summed E-state index contributed by atoms with van der Waals surface area (Å²) < 4.78 is 0. The van der Waals surface area contributed by atoms with Crippen LogP contribution in [0, 0.1) is 27.7 Å². The van der Waals surface area contributed by atoms with E-state index < -0.39 is 0 Å². The summed E-state index contributed by atoms with van der Waals surface area (Å²) in [5.41, 5.74) is 17.1. The molecule has 0 aliphatic heterocycles. The van der Waals surface area contributed by atoms with E-state index in [1.807, 2.05) is 0 Å². The van der Waals surface area contributed by atoms with Gasteiger partial charge < -0.3 is 9.80 Å². The van der Waals surface area contributed by atoms with Crippen molar-refractivity contribution in [2.45, 2.75) is 34.1 Å². The Hall–Kier alpha value is -5.86. The zero-order valence-electron chi connectivity index (χ0n) is 28.8. The number of benzene rings is 7. The lowest BCUT2D eigenvalue weighted by molar-refractivity contribution is 1.15. The van der Waals surface area contributed by atoms with Crippen molar-refractivity contribution >= 4 is 34.1 Å². The number of para-hydroxylation sites is 2. The summed E-state index contributed by atoms with van der Waals surface area (Å²) in [6.45, 7) is 8.71. The van der Waals surface area contributed by atoms with E-state index in [0.717, 1.165) is 34.9 Å². The highest BCUT2D eigenvalue weighted by molar-refractivity contribution is 5.81. The van der Waals surface area contributed by atoms with E-state index in [2.05, 4.69) is 207 Å². The molecule has 2 heteroatoms. The third-order valence-corrected chi connectivity index (χ3v) is 9.32. The molecule has 2 nitrogen and oxygen atoms in total. The van der Waals surface area contributed by atoms with Crippen molar-refractivity contribution in [2.24, 2.45) is 0 Å². The Morgan fingerprint density at radius 3 is 1.31 bits per heavy atom. The summed E-state index contributed by atoms with van der Waals surface area (Å²) in [6.07, 6.45) is 0.892. The fourth-order valence-electron chi connectivity index (χ4n) is 6.56. The molecule has 0 atom stereocenters. The van der Waals surface area contributed by atoms with Crippen LogP contribution >= 0.6 is 0 Å². The van der Waals surface area contributed by atoms with Gasteiger partial charge in [-0.05, 0) is 140 Å². The van der Waals surface area contributed by atoms with Crippen molar-refractivity contribution in [2.75, 3.05) is 9.80 Å². The maximum Gasteiger partial charge on any atom is 0.0491 e. The Morgan fingerprint density at radius 1 is 0.367 bits per heavy atom. The Balaban J connectivity index is 1.12. The minimum absolute atomic E-state index is 0.892. The minimum atomic E-state index is 0.892. The van der Waals surface area contributed by atoms with E-state index in [1.165, 1.54) is 50.2 Å². The van der Waals surface area contributed by atoms with Crippen LogP contribution in [-0.4, -0.2) is 0 Å². The summed E-state index contributed by atoms with van der Waals surface area (Å²) >= 11 is 0. The van der Waals surface area contributed by atoms with E-state index in [4.69, 9.17) is 0 Å². The van der Waals surface area contributed by atoms with Crippen LogP contribution in [0.2, 0.25) is 0 Å². The van der Waals surface area contributed by atoms with Gasteiger partial charge in [-0.3, -0.25) is 0 Å². The molecule has 0 saturated carbocycles. The van der Waals surface area contributed by atoms with Crippen LogP contribution in [0.5, 0.6) is 0 Å². The van der Waals surface area contributed by atoms with Gasteiger partial charge in [0.25, 0.3) is 0 Å². The summed E-state index contributed by atoms with van der Waals surface area (Å²) in [4.78, 5) is 4.66. The lowest BCUT2D eigenvalue weighted by atomic mass is 9.95. The van der Waals surface area contributed by atoms with Crippen molar-refractivity contribution in [3.05, 3.63) is 203 Å². The van der Waals surface area contributed by atoms with Crippen molar-refractivity contribution in [3.63, 3.8) is 0 Å². The first kappa shape index (κ1) is 31.7. The molecular weight excluding hydrogens is 593 g/mol. The lowest BCUT2D eigenvalue weighted by Gasteiger charge is -2.27. The zero-order chi connectivity index (χ0) is 33.7. The molecule has 0 fully saturated rings. The molecule has 240 valence electrons. The molecule has 0 bridgehead atoms. The summed E-state index contributed by atoms with van der Waals surface area (Å²) in [5.74, 6) is 0. The molecule has 0 heterocycles. The highest BCUT2D eigenvalue weighted by atomic mass is 15.1. The van der Waals surface area contributed by atoms with Gasteiger partial charge in [0.15, 0.2) is 0 Å². The smallest absolute Gasteiger partial charge is 0.0491 e. The average molecular weight is 635 g/mol. The second-order valence-electron chi connectivity index (χ2n) is 13.0. The maximum absolute atomic E-state index is 2.35. The largest absolute Gasteiger partial charge is 0.311 e. The molecule has 0 saturated heterocycles. The van der Waals surface area contributed by atoms with Gasteiger partial charge in [0, 0.05) is 34.1 Å². The van der Waals surface area contributed by atoms with Crippen LogP contribution in [-0.2, 0) is 6.42 Å². The van der Waals surface area contributed by atoms with E-state index in [0.29, 0.717) is 0 Å². The zero-order valence-corrected chi connectivity index (χ0v) is 28.8. The third-order valence-electron chi connectivity index (χ3n) is 9.32. The van der Waals surface area contributed by atoms with Crippen molar-refractivity contribution in [1.82, 2.24) is 0 Å². The van der Waals surface area contributed by atoms with Crippen LogP contribution in [0.25, 0.3) is 11.1 Å². The predicted molar refractivity (Wildman–Crippen MR) is 209 cm³/mol. The highest BCUT2D eigenvalue weighted by Gasteiger charge is 2.16. The van der Waals surface area contributed by atoms with E-state index in [9.17, 15) is 0 Å². The molecular formula is C47H42N2. The average Bonchev–Trinajstić information content (AvgIpc) is 3.13. The van der Waals surface area contributed by atoms with Crippen molar-refractivity contribution in [3.8, 4) is 11.1 Å². The van der Waals surface area contributed by atoms with Crippen LogP contribution in [0.3, 0.4) is 0 Å². The van der Waals surface area contributed by atoms with Crippen molar-refractivity contribution in [1.29, 1.82) is 0 Å². The van der Waals surface area contributed by atoms with Gasteiger partial charge in [-0.25, -0.2) is 0 Å². The van der Waals surface area contributed by atoms with Gasteiger partial charge in [0.2, 0.25) is 0 Å². The molecule has 0 amide bonds. The second-order valence-corrected chi connectivity index (χ2v) is 13.0. The molecule has 7 aromatic rings. The first-order chi connectivity index (χ1) is 23.9. The Kier molecular flexibility index (Phi) is 9.12. The molecule has 7 aromatic carbocycles. The molecule has 0 N–H and O–H groups in total. The fraction of sp³-hybridized carbons (Fsp3) is 0.106. The lowest BCUT2D eigenvalue weighted by Crippen LogP contribution is -2.11. The van der Waals surface area contributed by atoms with Gasteiger partial charge in [-0.2, -0.15) is 0 Å². The number of aryl methyl sites for hydroxylation is 4. The predicted octanol–water partition coefficient (Wildman–Crippen LogP) is 13.1. The Labute approximate surface area is 291 Å². The van der Waals surface area contributed by atoms with Gasteiger partial charge in [-0.1, -0.05) is 108 Å². The van der Waals surface area contributed by atoms with E-state index in [-0.39, 0.29) is 0 Å². The maximum atomic E-state index is 2.35. The molecule has 7 rings (SSSR count). The van der Waals surface area contributed by atoms with Gasteiger partial charge in [0.1, 0.15) is 0 Å². The van der Waals surface area contributed by atoms with Gasteiger partial charge in [0.05, 0.1) is 0 Å². The normalized spacial score (nSPS) is 10.9. The monoisotopic (exact) mass is 634 g/mol. The topological polar surface area (TPSA) is 6.48 Å². The number of anilines is 6. The summed E-state index contributed by atoms with van der Waals surface area (Å²) in [7, 11) is 0. The Bertz CT molecular complexity index is 2150. The van der Waals surface area contributed by atoms with Gasteiger partial charge >= 0.3 is 0 Å². The molecule has 0 aliphatic rings. The fourth-order valence-corrected chi connectivity index (χ4v) is 6.56. The minimum Gasteiger partial charge on any atom is -0.311 e. The number of hydrogen-bond acceptors (Lipinski definition) is 2. The molecule has 0 radical (unpaired) electrons. The van der Waals surface area contributed by atoms with Crippen molar-refractivity contribution < 1.29 is 0 Å². The van der Waals surface area contributed by atoms with Gasteiger partial charge in [-0.15, -0.1) is 0 Å². The first-order valence-electron chi connectivity index (χ1n) is 17.1. The summed E-state index contributed by atoms with van der Waals surface area (Å²) in [6, 6.07) is 61.5. The van der Waals surface area contributed by atoms with Crippen LogP contribution in [0.15, 0.2) is 170 Å². The van der Waals surface area contributed by atoms with E-state index in [1.54, 1.807) is 0 Å². The third kappa shape index (κ3) is 7.05. The first-order valence-corrected chi connectivity index (χ1v) is 17.1. The number of hydrogen-bond donors (Lipinski definition) is 0. The van der Waals surface area contributed by atoms with Crippen LogP contribution < -0.4 is 9.80 Å². The molecule has 0 aromatic heterocycles. The SMILES string of the molecule is Cc1ccc(N(c2ccccc2)c2ccc(Cc3ccc(-c4ccc(N(c5ccccc5)c5ccc(C)cc5)c(C)c4)cc3C)cc2)cc1. The second kappa shape index (κ2) is 14.1. The molecule has 0 unspecified atom stereocenters. The molecule has 0 spiro atoms. The quantitative estimate of drug-likeness (QED) is 0.156. The summed E-state index contributed by atoms with van der Waals surface area (Å²) in [5, 5.41) is 0. The standard InChI is InChI=1S/C47H42N2/c1-34-15-24-44(25-16-34)48(42-11-7-5-8-12-42)45-28-19-38(20-29-45)33-39-21-22-40(31-36(39)3)41-23-30-47(37(4)32-41)49(43-13-9-6-10-14-43)46-26-17-35(2)18-27-46/h5-32H,33H2,1-4H3. The number of rotatable bonds is 9. The van der Waals surface area contributed by atoms with E-state index >= 15 is 0 Å². The Morgan fingerprint density at radius 2 is 0.796 bits per heavy atom. The van der Waals surface area contributed by atoms with Crippen LogP contribution in [0.4, 0.5) is 34.1 Å². The van der Waals surface area contributed by atoms with Crippen LogP contribution in [0.1, 0.15) is 33.4 Å².